The van der Waals surface area contributed by atoms with Crippen LogP contribution in [0.4, 0.5) is 0 Å². The van der Waals surface area contributed by atoms with E-state index in [-0.39, 0.29) is 5.60 Å². The van der Waals surface area contributed by atoms with Crippen molar-refractivity contribution in [2.45, 2.75) is 44.1 Å². The molecule has 0 aromatic rings. The third kappa shape index (κ3) is 1.19. The fraction of sp³-hybridized carbons (Fsp3) is 0.875. The van der Waals surface area contributed by atoms with Crippen molar-refractivity contribution in [3.05, 3.63) is 0 Å². The fourth-order valence-electron chi connectivity index (χ4n) is 2.01. The number of nitrogens with two attached hydrogens (primary N) is 1. The zero-order valence-corrected chi connectivity index (χ0v) is 6.68. The van der Waals surface area contributed by atoms with Gasteiger partial charge in [-0.2, -0.15) is 0 Å². The van der Waals surface area contributed by atoms with Crippen LogP contribution in [0.25, 0.3) is 0 Å². The van der Waals surface area contributed by atoms with E-state index in [0.717, 1.165) is 19.3 Å². The molecule has 0 radical (unpaired) electrons. The molecular formula is C8H14N2O. The Balaban J connectivity index is 2.01. The largest absolute Gasteiger partial charge is 0.387 e. The lowest BCUT2D eigenvalue weighted by atomic mass is 9.83. The molecule has 0 atom stereocenters. The molecule has 0 aromatic heterocycles. The van der Waals surface area contributed by atoms with Crippen molar-refractivity contribution < 1.29 is 4.84 Å². The van der Waals surface area contributed by atoms with Crippen LogP contribution < -0.4 is 5.73 Å². The van der Waals surface area contributed by atoms with E-state index in [2.05, 4.69) is 5.16 Å². The molecule has 1 saturated carbocycles. The molecule has 3 heteroatoms. The average Bonchev–Trinajstić information content (AvgIpc) is 2.34. The van der Waals surface area contributed by atoms with Crippen LogP contribution >= 0.6 is 0 Å². The molecule has 2 rings (SSSR count). The highest BCUT2D eigenvalue weighted by Crippen LogP contribution is 2.37. The van der Waals surface area contributed by atoms with Crippen molar-refractivity contribution in [2.75, 3.05) is 0 Å². The summed E-state index contributed by atoms with van der Waals surface area (Å²) >= 11 is 0. The Labute approximate surface area is 66.6 Å². The maximum Gasteiger partial charge on any atom is 0.144 e. The summed E-state index contributed by atoms with van der Waals surface area (Å²) in [6, 6.07) is 0. The van der Waals surface area contributed by atoms with Gasteiger partial charge in [-0.05, 0) is 25.7 Å². The first kappa shape index (κ1) is 6.95. The zero-order valence-electron chi connectivity index (χ0n) is 6.68. The van der Waals surface area contributed by atoms with Crippen LogP contribution in [-0.4, -0.2) is 11.4 Å². The second-order valence-electron chi connectivity index (χ2n) is 3.59. The summed E-state index contributed by atoms with van der Waals surface area (Å²) in [7, 11) is 0. The Bertz CT molecular complexity index is 183. The van der Waals surface area contributed by atoms with E-state index in [9.17, 15) is 0 Å². The second-order valence-corrected chi connectivity index (χ2v) is 3.59. The van der Waals surface area contributed by atoms with E-state index in [1.165, 1.54) is 19.3 Å². The van der Waals surface area contributed by atoms with Gasteiger partial charge >= 0.3 is 0 Å². The first-order chi connectivity index (χ1) is 5.31. The molecule has 62 valence electrons. The summed E-state index contributed by atoms with van der Waals surface area (Å²) in [5.41, 5.74) is 5.58. The Morgan fingerprint density at radius 2 is 2.00 bits per heavy atom. The van der Waals surface area contributed by atoms with Crippen LogP contribution in [-0.2, 0) is 4.84 Å². The van der Waals surface area contributed by atoms with E-state index in [1.54, 1.807) is 0 Å². The molecule has 0 bridgehead atoms. The first-order valence-corrected chi connectivity index (χ1v) is 4.31. The van der Waals surface area contributed by atoms with Gasteiger partial charge in [0.15, 0.2) is 0 Å². The minimum Gasteiger partial charge on any atom is -0.387 e. The number of hydrogen-bond acceptors (Lipinski definition) is 3. The van der Waals surface area contributed by atoms with Crippen LogP contribution in [0, 0.1) is 0 Å². The molecule has 11 heavy (non-hydrogen) atoms. The maximum absolute atomic E-state index is 5.57. The minimum absolute atomic E-state index is 0.0162. The van der Waals surface area contributed by atoms with Gasteiger partial charge in [0.2, 0.25) is 0 Å². The van der Waals surface area contributed by atoms with Crippen LogP contribution in [0.5, 0.6) is 0 Å². The van der Waals surface area contributed by atoms with Crippen LogP contribution in [0.3, 0.4) is 0 Å². The Hall–Kier alpha value is -0.730. The van der Waals surface area contributed by atoms with Gasteiger partial charge in [0.25, 0.3) is 0 Å². The SMILES string of the molecule is NC1=NOC2(CCCCC2)C1. The van der Waals surface area contributed by atoms with Crippen molar-refractivity contribution in [1.82, 2.24) is 0 Å². The molecule has 1 aliphatic carbocycles. The number of nitrogens with zero attached hydrogens (tertiary/aromatic N) is 1. The highest BCUT2D eigenvalue weighted by Gasteiger charge is 2.39. The Morgan fingerprint density at radius 3 is 2.55 bits per heavy atom. The van der Waals surface area contributed by atoms with E-state index in [1.807, 2.05) is 0 Å². The summed E-state index contributed by atoms with van der Waals surface area (Å²) in [6.07, 6.45) is 7.00. The molecule has 1 heterocycles. The van der Waals surface area contributed by atoms with Crippen molar-refractivity contribution in [1.29, 1.82) is 0 Å². The molecule has 2 N–H and O–H groups in total. The molecule has 1 fully saturated rings. The van der Waals surface area contributed by atoms with Gasteiger partial charge in [0, 0.05) is 0 Å². The minimum atomic E-state index is 0.0162. The number of oxime groups is 1. The summed E-state index contributed by atoms with van der Waals surface area (Å²) in [5, 5.41) is 3.81. The van der Waals surface area contributed by atoms with Gasteiger partial charge < -0.3 is 10.6 Å². The standard InChI is InChI=1S/C8H14N2O/c9-7-6-8(11-10-7)4-2-1-3-5-8/h1-6H2,(H2,9,10). The molecule has 2 aliphatic rings. The molecule has 0 saturated heterocycles. The summed E-state index contributed by atoms with van der Waals surface area (Å²) in [6.45, 7) is 0. The predicted molar refractivity (Wildman–Crippen MR) is 43.1 cm³/mol. The normalized spacial score (nSPS) is 28.2. The summed E-state index contributed by atoms with van der Waals surface area (Å²) < 4.78 is 0. The van der Waals surface area contributed by atoms with Crippen molar-refractivity contribution >= 4 is 5.84 Å². The van der Waals surface area contributed by atoms with Gasteiger partial charge in [-0.15, -0.1) is 0 Å². The number of amidine groups is 1. The third-order valence-corrected chi connectivity index (χ3v) is 2.62. The highest BCUT2D eigenvalue weighted by atomic mass is 16.7. The fourth-order valence-corrected chi connectivity index (χ4v) is 2.01. The Kier molecular flexibility index (Phi) is 1.51. The van der Waals surface area contributed by atoms with Crippen LogP contribution in [0.15, 0.2) is 5.16 Å². The zero-order chi connectivity index (χ0) is 7.73. The van der Waals surface area contributed by atoms with Crippen molar-refractivity contribution in [3.8, 4) is 0 Å². The number of rotatable bonds is 0. The van der Waals surface area contributed by atoms with E-state index in [0.29, 0.717) is 5.84 Å². The molecule has 1 aliphatic heterocycles. The average molecular weight is 154 g/mol. The van der Waals surface area contributed by atoms with E-state index >= 15 is 0 Å². The molecule has 1 spiro atoms. The topological polar surface area (TPSA) is 47.6 Å². The van der Waals surface area contributed by atoms with Crippen LogP contribution in [0.1, 0.15) is 38.5 Å². The highest BCUT2D eigenvalue weighted by molar-refractivity contribution is 5.81. The molecule has 0 unspecified atom stereocenters. The van der Waals surface area contributed by atoms with Crippen molar-refractivity contribution in [3.63, 3.8) is 0 Å². The smallest absolute Gasteiger partial charge is 0.144 e. The Morgan fingerprint density at radius 1 is 1.27 bits per heavy atom. The van der Waals surface area contributed by atoms with Crippen LogP contribution in [0.2, 0.25) is 0 Å². The van der Waals surface area contributed by atoms with Gasteiger partial charge in [-0.1, -0.05) is 11.6 Å². The maximum atomic E-state index is 5.57. The second kappa shape index (κ2) is 2.40. The van der Waals surface area contributed by atoms with E-state index < -0.39 is 0 Å². The van der Waals surface area contributed by atoms with Gasteiger partial charge in [0.1, 0.15) is 11.4 Å². The molecule has 0 amide bonds. The molecular weight excluding hydrogens is 140 g/mol. The lowest BCUT2D eigenvalue weighted by Gasteiger charge is -2.29. The third-order valence-electron chi connectivity index (χ3n) is 2.62. The summed E-state index contributed by atoms with van der Waals surface area (Å²) in [4.78, 5) is 5.36. The van der Waals surface area contributed by atoms with E-state index in [4.69, 9.17) is 10.6 Å². The monoisotopic (exact) mass is 154 g/mol. The number of hydrogen-bond donors (Lipinski definition) is 1. The molecule has 3 nitrogen and oxygen atoms in total. The van der Waals surface area contributed by atoms with Gasteiger partial charge in [-0.25, -0.2) is 0 Å². The molecule has 0 aromatic carbocycles. The quantitative estimate of drug-likeness (QED) is 0.573. The lowest BCUT2D eigenvalue weighted by Crippen LogP contribution is -2.32. The lowest BCUT2D eigenvalue weighted by molar-refractivity contribution is -0.0449. The van der Waals surface area contributed by atoms with Gasteiger partial charge in [-0.3, -0.25) is 0 Å². The van der Waals surface area contributed by atoms with Crippen molar-refractivity contribution in [2.24, 2.45) is 10.9 Å². The summed E-state index contributed by atoms with van der Waals surface area (Å²) in [5.74, 6) is 0.673. The predicted octanol–water partition coefficient (Wildman–Crippen LogP) is 1.38. The van der Waals surface area contributed by atoms with Gasteiger partial charge in [0.05, 0.1) is 6.42 Å². The first-order valence-electron chi connectivity index (χ1n) is 4.31.